The summed E-state index contributed by atoms with van der Waals surface area (Å²) < 4.78 is 0. The maximum atomic E-state index is 12.6. The SMILES string of the molecule is O=C(NCCc1cscn1)C1CCN(C(=O)C2CCCCC2)CC1. The van der Waals surface area contributed by atoms with E-state index in [4.69, 9.17) is 0 Å². The minimum Gasteiger partial charge on any atom is -0.355 e. The van der Waals surface area contributed by atoms with Crippen LogP contribution in [0.3, 0.4) is 0 Å². The number of hydrogen-bond acceptors (Lipinski definition) is 4. The van der Waals surface area contributed by atoms with Crippen LogP contribution in [0.2, 0.25) is 0 Å². The summed E-state index contributed by atoms with van der Waals surface area (Å²) in [5, 5.41) is 5.04. The number of carbonyl (C=O) groups excluding carboxylic acids is 2. The second kappa shape index (κ2) is 8.60. The second-order valence-corrected chi connectivity index (χ2v) is 7.67. The molecule has 0 atom stereocenters. The van der Waals surface area contributed by atoms with Gasteiger partial charge in [-0.05, 0) is 25.7 Å². The molecule has 2 aliphatic rings. The van der Waals surface area contributed by atoms with Gasteiger partial charge in [0.25, 0.3) is 0 Å². The Labute approximate surface area is 147 Å². The van der Waals surface area contributed by atoms with E-state index < -0.39 is 0 Å². The van der Waals surface area contributed by atoms with Gasteiger partial charge in [-0.1, -0.05) is 19.3 Å². The first-order valence-electron chi connectivity index (χ1n) is 9.17. The van der Waals surface area contributed by atoms with Crippen molar-refractivity contribution in [3.8, 4) is 0 Å². The summed E-state index contributed by atoms with van der Waals surface area (Å²) in [6.45, 7) is 2.11. The van der Waals surface area contributed by atoms with Crippen molar-refractivity contribution in [2.75, 3.05) is 19.6 Å². The predicted octanol–water partition coefficient (Wildman–Crippen LogP) is 2.62. The predicted molar refractivity (Wildman–Crippen MR) is 94.7 cm³/mol. The molecule has 0 aromatic carbocycles. The summed E-state index contributed by atoms with van der Waals surface area (Å²) >= 11 is 1.58. The third-order valence-electron chi connectivity index (χ3n) is 5.30. The van der Waals surface area contributed by atoms with Gasteiger partial charge in [-0.2, -0.15) is 0 Å². The lowest BCUT2D eigenvalue weighted by Gasteiger charge is -2.34. The highest BCUT2D eigenvalue weighted by molar-refractivity contribution is 7.07. The molecule has 0 bridgehead atoms. The van der Waals surface area contributed by atoms with Crippen LogP contribution in [0, 0.1) is 11.8 Å². The fraction of sp³-hybridized carbons (Fsp3) is 0.722. The smallest absolute Gasteiger partial charge is 0.225 e. The molecule has 1 N–H and O–H groups in total. The van der Waals surface area contributed by atoms with E-state index in [-0.39, 0.29) is 17.7 Å². The minimum absolute atomic E-state index is 0.0517. The molecule has 6 heteroatoms. The Morgan fingerprint density at radius 1 is 1.12 bits per heavy atom. The number of amides is 2. The van der Waals surface area contributed by atoms with Gasteiger partial charge in [0.2, 0.25) is 11.8 Å². The highest BCUT2D eigenvalue weighted by Crippen LogP contribution is 2.27. The van der Waals surface area contributed by atoms with Gasteiger partial charge in [0.15, 0.2) is 0 Å². The molecule has 2 fully saturated rings. The maximum absolute atomic E-state index is 12.6. The summed E-state index contributed by atoms with van der Waals surface area (Å²) in [5.41, 5.74) is 2.85. The molecule has 0 unspecified atom stereocenters. The van der Waals surface area contributed by atoms with Crippen LogP contribution in [0.4, 0.5) is 0 Å². The first-order valence-corrected chi connectivity index (χ1v) is 10.1. The lowest BCUT2D eigenvalue weighted by atomic mass is 9.87. The largest absolute Gasteiger partial charge is 0.355 e. The molecule has 1 aromatic heterocycles. The molecule has 1 saturated carbocycles. The molecular weight excluding hydrogens is 322 g/mol. The van der Waals surface area contributed by atoms with Crippen molar-refractivity contribution in [3.63, 3.8) is 0 Å². The molecule has 1 aromatic rings. The lowest BCUT2D eigenvalue weighted by Crippen LogP contribution is -2.45. The molecule has 1 saturated heterocycles. The molecule has 24 heavy (non-hydrogen) atoms. The molecule has 3 rings (SSSR count). The van der Waals surface area contributed by atoms with E-state index in [2.05, 4.69) is 10.3 Å². The zero-order valence-electron chi connectivity index (χ0n) is 14.2. The van der Waals surface area contributed by atoms with E-state index in [0.29, 0.717) is 12.5 Å². The summed E-state index contributed by atoms with van der Waals surface area (Å²) in [7, 11) is 0. The van der Waals surface area contributed by atoms with Crippen molar-refractivity contribution in [3.05, 3.63) is 16.6 Å². The highest BCUT2D eigenvalue weighted by Gasteiger charge is 2.31. The van der Waals surface area contributed by atoms with E-state index in [1.807, 2.05) is 15.8 Å². The van der Waals surface area contributed by atoms with E-state index in [0.717, 1.165) is 50.9 Å². The van der Waals surface area contributed by atoms with E-state index in [1.54, 1.807) is 11.3 Å². The first-order chi connectivity index (χ1) is 11.7. The Bertz CT molecular complexity index is 532. The van der Waals surface area contributed by atoms with Gasteiger partial charge in [0.05, 0.1) is 11.2 Å². The molecule has 1 aliphatic carbocycles. The van der Waals surface area contributed by atoms with Crippen molar-refractivity contribution in [1.82, 2.24) is 15.2 Å². The van der Waals surface area contributed by atoms with Crippen molar-refractivity contribution in [2.24, 2.45) is 11.8 Å². The van der Waals surface area contributed by atoms with Gasteiger partial charge in [-0.25, -0.2) is 4.98 Å². The summed E-state index contributed by atoms with van der Waals surface area (Å²) in [6.07, 6.45) is 8.12. The van der Waals surface area contributed by atoms with Gasteiger partial charge in [0.1, 0.15) is 0 Å². The standard InChI is InChI=1S/C18H27N3O2S/c22-17(19-9-6-16-12-24-13-20-16)14-7-10-21(11-8-14)18(23)15-4-2-1-3-5-15/h12-15H,1-11H2,(H,19,22). The van der Waals surface area contributed by atoms with E-state index in [1.165, 1.54) is 19.3 Å². The highest BCUT2D eigenvalue weighted by atomic mass is 32.1. The van der Waals surface area contributed by atoms with Gasteiger partial charge < -0.3 is 10.2 Å². The normalized spacial score (nSPS) is 20.1. The van der Waals surface area contributed by atoms with Crippen LogP contribution >= 0.6 is 11.3 Å². The van der Waals surface area contributed by atoms with E-state index in [9.17, 15) is 9.59 Å². The van der Waals surface area contributed by atoms with E-state index >= 15 is 0 Å². The first kappa shape index (κ1) is 17.4. The fourth-order valence-electron chi connectivity index (χ4n) is 3.79. The zero-order valence-corrected chi connectivity index (χ0v) is 15.0. The number of rotatable bonds is 5. The van der Waals surface area contributed by atoms with Crippen LogP contribution < -0.4 is 5.32 Å². The minimum atomic E-state index is 0.0517. The van der Waals surface area contributed by atoms with Crippen molar-refractivity contribution >= 4 is 23.2 Å². The number of likely N-dealkylation sites (tertiary alicyclic amines) is 1. The fourth-order valence-corrected chi connectivity index (χ4v) is 4.38. The average Bonchev–Trinajstić information content (AvgIpc) is 3.15. The molecule has 5 nitrogen and oxygen atoms in total. The molecule has 2 heterocycles. The number of nitrogens with zero attached hydrogens (tertiary/aromatic N) is 2. The van der Waals surface area contributed by atoms with Gasteiger partial charge in [-0.15, -0.1) is 11.3 Å². The van der Waals surface area contributed by atoms with Crippen LogP contribution in [-0.4, -0.2) is 41.3 Å². The molecule has 0 spiro atoms. The molecule has 1 aliphatic heterocycles. The monoisotopic (exact) mass is 349 g/mol. The Morgan fingerprint density at radius 2 is 1.88 bits per heavy atom. The van der Waals surface area contributed by atoms with Crippen molar-refractivity contribution in [1.29, 1.82) is 0 Å². The van der Waals surface area contributed by atoms with Crippen molar-refractivity contribution in [2.45, 2.75) is 51.4 Å². The Balaban J connectivity index is 1.37. The molecule has 0 radical (unpaired) electrons. The molecular formula is C18H27N3O2S. The number of hydrogen-bond donors (Lipinski definition) is 1. The van der Waals surface area contributed by atoms with Gasteiger partial charge >= 0.3 is 0 Å². The lowest BCUT2D eigenvalue weighted by molar-refractivity contribution is -0.140. The number of aromatic nitrogens is 1. The van der Waals surface area contributed by atoms with Gasteiger partial charge in [-0.3, -0.25) is 9.59 Å². The van der Waals surface area contributed by atoms with Crippen LogP contribution in [0.1, 0.15) is 50.6 Å². The average molecular weight is 350 g/mol. The topological polar surface area (TPSA) is 62.3 Å². The Kier molecular flexibility index (Phi) is 6.24. The maximum Gasteiger partial charge on any atom is 0.225 e. The zero-order chi connectivity index (χ0) is 16.8. The molecule has 132 valence electrons. The molecule has 2 amide bonds. The van der Waals surface area contributed by atoms with Crippen LogP contribution in [0.25, 0.3) is 0 Å². The summed E-state index contributed by atoms with van der Waals surface area (Å²) in [6, 6.07) is 0. The summed E-state index contributed by atoms with van der Waals surface area (Å²) in [5.74, 6) is 0.755. The number of nitrogens with one attached hydrogen (secondary N) is 1. The van der Waals surface area contributed by atoms with Gasteiger partial charge in [0, 0.05) is 43.3 Å². The summed E-state index contributed by atoms with van der Waals surface area (Å²) in [4.78, 5) is 31.0. The Hall–Kier alpha value is -1.43. The Morgan fingerprint density at radius 3 is 2.54 bits per heavy atom. The quantitative estimate of drug-likeness (QED) is 0.889. The number of thiazole rings is 1. The van der Waals surface area contributed by atoms with Crippen molar-refractivity contribution < 1.29 is 9.59 Å². The second-order valence-electron chi connectivity index (χ2n) is 6.96. The van der Waals surface area contributed by atoms with Crippen LogP contribution in [0.15, 0.2) is 10.9 Å². The van der Waals surface area contributed by atoms with Crippen LogP contribution in [-0.2, 0) is 16.0 Å². The van der Waals surface area contributed by atoms with Crippen LogP contribution in [0.5, 0.6) is 0 Å². The number of carbonyl (C=O) groups is 2. The third kappa shape index (κ3) is 4.56. The number of piperidine rings is 1. The third-order valence-corrected chi connectivity index (χ3v) is 5.93.